The summed E-state index contributed by atoms with van der Waals surface area (Å²) in [4.78, 5) is 17.1. The summed E-state index contributed by atoms with van der Waals surface area (Å²) in [5, 5.41) is 7.18. The molecular formula is C31H39N7S. The van der Waals surface area contributed by atoms with Crippen LogP contribution in [0, 0.1) is 5.92 Å². The van der Waals surface area contributed by atoms with Crippen LogP contribution in [-0.4, -0.2) is 47.8 Å². The Morgan fingerprint density at radius 2 is 1.54 bits per heavy atom. The fourth-order valence-corrected chi connectivity index (χ4v) is 6.02. The van der Waals surface area contributed by atoms with E-state index in [1.807, 2.05) is 0 Å². The molecular weight excluding hydrogens is 502 g/mol. The SMILES string of the molecule is CC1CCN(c2cc(N3CCc4ccccc4C3)nc(NC(=S)NCc3ccc(N4CCCC4)cc3)n2)CC1. The van der Waals surface area contributed by atoms with E-state index < -0.39 is 0 Å². The van der Waals surface area contributed by atoms with Crippen molar-refractivity contribution in [2.45, 2.75) is 52.1 Å². The smallest absolute Gasteiger partial charge is 0.232 e. The molecule has 2 fully saturated rings. The van der Waals surface area contributed by atoms with E-state index in [0.29, 0.717) is 17.6 Å². The van der Waals surface area contributed by atoms with Crippen molar-refractivity contribution in [1.29, 1.82) is 0 Å². The Morgan fingerprint density at radius 3 is 2.28 bits per heavy atom. The van der Waals surface area contributed by atoms with Crippen LogP contribution in [0.3, 0.4) is 0 Å². The monoisotopic (exact) mass is 541 g/mol. The molecule has 0 unspecified atom stereocenters. The molecule has 2 N–H and O–H groups in total. The lowest BCUT2D eigenvalue weighted by atomic mass is 9.99. The van der Waals surface area contributed by atoms with Crippen LogP contribution in [0.5, 0.6) is 0 Å². The van der Waals surface area contributed by atoms with Crippen LogP contribution >= 0.6 is 12.2 Å². The highest BCUT2D eigenvalue weighted by Crippen LogP contribution is 2.29. The van der Waals surface area contributed by atoms with E-state index in [1.54, 1.807) is 0 Å². The third-order valence-corrected chi connectivity index (χ3v) is 8.59. The molecule has 204 valence electrons. The number of anilines is 4. The molecule has 8 heteroatoms. The van der Waals surface area contributed by atoms with Gasteiger partial charge in [0.1, 0.15) is 11.6 Å². The number of hydrogen-bond donors (Lipinski definition) is 2. The molecule has 0 saturated carbocycles. The topological polar surface area (TPSA) is 59.6 Å². The first-order valence-corrected chi connectivity index (χ1v) is 14.9. The maximum absolute atomic E-state index is 5.68. The van der Waals surface area contributed by atoms with Crippen molar-refractivity contribution in [3.05, 3.63) is 71.3 Å². The second-order valence-electron chi connectivity index (χ2n) is 11.2. The average Bonchev–Trinajstić information content (AvgIpc) is 3.52. The maximum Gasteiger partial charge on any atom is 0.232 e. The van der Waals surface area contributed by atoms with E-state index in [9.17, 15) is 0 Å². The van der Waals surface area contributed by atoms with E-state index >= 15 is 0 Å². The van der Waals surface area contributed by atoms with Crippen molar-refractivity contribution in [2.24, 2.45) is 5.92 Å². The Morgan fingerprint density at radius 1 is 0.846 bits per heavy atom. The number of nitrogens with zero attached hydrogens (tertiary/aromatic N) is 5. The third-order valence-electron chi connectivity index (χ3n) is 8.35. The minimum Gasteiger partial charge on any atom is -0.372 e. The number of rotatable bonds is 6. The van der Waals surface area contributed by atoms with Gasteiger partial charge in [0.15, 0.2) is 5.11 Å². The highest BCUT2D eigenvalue weighted by Gasteiger charge is 2.22. The number of thiocarbonyl (C=S) groups is 1. The summed E-state index contributed by atoms with van der Waals surface area (Å²) >= 11 is 5.68. The van der Waals surface area contributed by atoms with Gasteiger partial charge in [0.2, 0.25) is 5.95 Å². The lowest BCUT2D eigenvalue weighted by molar-refractivity contribution is 0.436. The first kappa shape index (κ1) is 25.9. The Balaban J connectivity index is 1.15. The van der Waals surface area contributed by atoms with Gasteiger partial charge < -0.3 is 25.3 Å². The van der Waals surface area contributed by atoms with Crippen molar-refractivity contribution in [3.63, 3.8) is 0 Å². The first-order valence-electron chi connectivity index (χ1n) is 14.5. The van der Waals surface area contributed by atoms with Gasteiger partial charge in [-0.15, -0.1) is 0 Å². The molecule has 3 aromatic rings. The Kier molecular flexibility index (Phi) is 7.81. The normalized spacial score (nSPS) is 17.7. The molecule has 1 aromatic heterocycles. The number of aromatic nitrogens is 2. The first-order chi connectivity index (χ1) is 19.1. The highest BCUT2D eigenvalue weighted by atomic mass is 32.1. The number of benzene rings is 2. The maximum atomic E-state index is 5.68. The lowest BCUT2D eigenvalue weighted by Gasteiger charge is -2.33. The van der Waals surface area contributed by atoms with Gasteiger partial charge >= 0.3 is 0 Å². The highest BCUT2D eigenvalue weighted by molar-refractivity contribution is 7.80. The molecule has 4 heterocycles. The van der Waals surface area contributed by atoms with Gasteiger partial charge in [0, 0.05) is 57.6 Å². The van der Waals surface area contributed by atoms with E-state index in [0.717, 1.165) is 63.2 Å². The molecule has 0 aliphatic carbocycles. The summed E-state index contributed by atoms with van der Waals surface area (Å²) in [6.45, 7) is 9.17. The predicted molar refractivity (Wildman–Crippen MR) is 165 cm³/mol. The minimum absolute atomic E-state index is 0.540. The zero-order valence-corrected chi connectivity index (χ0v) is 23.7. The molecule has 6 rings (SSSR count). The van der Waals surface area contributed by atoms with E-state index in [4.69, 9.17) is 22.2 Å². The zero-order valence-electron chi connectivity index (χ0n) is 22.9. The van der Waals surface area contributed by atoms with Crippen LogP contribution in [0.4, 0.5) is 23.3 Å². The summed E-state index contributed by atoms with van der Waals surface area (Å²) < 4.78 is 0. The van der Waals surface area contributed by atoms with Gasteiger partial charge in [-0.2, -0.15) is 9.97 Å². The van der Waals surface area contributed by atoms with Crippen LogP contribution in [0.15, 0.2) is 54.6 Å². The number of nitrogens with one attached hydrogen (secondary N) is 2. The largest absolute Gasteiger partial charge is 0.372 e. The summed E-state index contributed by atoms with van der Waals surface area (Å²) in [5.41, 5.74) is 5.32. The zero-order chi connectivity index (χ0) is 26.6. The molecule has 3 aliphatic heterocycles. The Bertz CT molecular complexity index is 1280. The van der Waals surface area contributed by atoms with Gasteiger partial charge in [-0.1, -0.05) is 43.3 Å². The number of hydrogen-bond acceptors (Lipinski definition) is 6. The fraction of sp³-hybridized carbons (Fsp3) is 0.452. The quantitative estimate of drug-likeness (QED) is 0.405. The summed E-state index contributed by atoms with van der Waals surface area (Å²) in [6, 6.07) is 19.7. The van der Waals surface area contributed by atoms with E-state index in [1.165, 1.54) is 48.1 Å². The van der Waals surface area contributed by atoms with Crippen LogP contribution in [-0.2, 0) is 19.5 Å². The van der Waals surface area contributed by atoms with Crippen molar-refractivity contribution in [3.8, 4) is 0 Å². The van der Waals surface area contributed by atoms with Crippen LogP contribution < -0.4 is 25.3 Å². The number of fused-ring (bicyclic) bond motifs is 1. The minimum atomic E-state index is 0.540. The predicted octanol–water partition coefficient (Wildman–Crippen LogP) is 5.36. The second kappa shape index (κ2) is 11.8. The molecule has 0 bridgehead atoms. The summed E-state index contributed by atoms with van der Waals surface area (Å²) in [7, 11) is 0. The second-order valence-corrected chi connectivity index (χ2v) is 11.6. The molecule has 7 nitrogen and oxygen atoms in total. The van der Waals surface area contributed by atoms with Gasteiger partial charge in [0.05, 0.1) is 0 Å². The van der Waals surface area contributed by atoms with Gasteiger partial charge in [-0.05, 0) is 79.1 Å². The Hall–Kier alpha value is -3.39. The number of piperidine rings is 1. The Labute approximate surface area is 237 Å². The standard InChI is InChI=1S/C31H39N7S/c1-23-12-17-37(18-13-23)28-20-29(38-19-14-25-6-2-3-7-26(25)22-38)34-30(33-28)35-31(39)32-21-24-8-10-27(11-9-24)36-15-4-5-16-36/h2-3,6-11,20,23H,4-5,12-19,21-22H2,1H3,(H2,32,33,34,35,39). The fourth-order valence-electron chi connectivity index (χ4n) is 5.86. The van der Waals surface area contributed by atoms with Crippen molar-refractivity contribution in [2.75, 3.05) is 52.7 Å². The van der Waals surface area contributed by atoms with Gasteiger partial charge in [-0.3, -0.25) is 0 Å². The molecule has 39 heavy (non-hydrogen) atoms. The van der Waals surface area contributed by atoms with E-state index in [2.05, 4.69) is 86.9 Å². The van der Waals surface area contributed by atoms with Crippen molar-refractivity contribution in [1.82, 2.24) is 15.3 Å². The summed E-state index contributed by atoms with van der Waals surface area (Å²) in [6.07, 6.45) is 5.98. The third kappa shape index (κ3) is 6.27. The van der Waals surface area contributed by atoms with Crippen LogP contribution in [0.25, 0.3) is 0 Å². The van der Waals surface area contributed by atoms with Gasteiger partial charge in [0.25, 0.3) is 0 Å². The lowest BCUT2D eigenvalue weighted by Crippen LogP contribution is -2.35. The van der Waals surface area contributed by atoms with Crippen molar-refractivity contribution >= 4 is 40.6 Å². The molecule has 2 saturated heterocycles. The summed E-state index contributed by atoms with van der Waals surface area (Å²) in [5.74, 6) is 3.26. The van der Waals surface area contributed by atoms with Gasteiger partial charge in [-0.25, -0.2) is 0 Å². The van der Waals surface area contributed by atoms with E-state index in [-0.39, 0.29) is 0 Å². The molecule has 0 radical (unpaired) electrons. The average molecular weight is 542 g/mol. The van der Waals surface area contributed by atoms with Crippen LogP contribution in [0.1, 0.15) is 49.3 Å². The van der Waals surface area contributed by atoms with Crippen molar-refractivity contribution < 1.29 is 0 Å². The molecule has 0 amide bonds. The molecule has 0 spiro atoms. The molecule has 2 aromatic carbocycles. The van der Waals surface area contributed by atoms with Crippen LogP contribution in [0.2, 0.25) is 0 Å². The molecule has 0 atom stereocenters. The molecule has 3 aliphatic rings.